The van der Waals surface area contributed by atoms with Gasteiger partial charge < -0.3 is 9.67 Å². The van der Waals surface area contributed by atoms with Crippen molar-refractivity contribution >= 4 is 23.2 Å². The fourth-order valence-electron chi connectivity index (χ4n) is 0.606. The van der Waals surface area contributed by atoms with Crippen molar-refractivity contribution in [1.29, 1.82) is 0 Å². The second kappa shape index (κ2) is 3.23. The molecule has 5 heteroatoms. The van der Waals surface area contributed by atoms with E-state index >= 15 is 0 Å². The second-order valence-electron chi connectivity index (χ2n) is 1.74. The van der Waals surface area contributed by atoms with Gasteiger partial charge in [-0.05, 0) is 0 Å². The topological polar surface area (TPSA) is 38.0 Å². The smallest absolute Gasteiger partial charge is 0.166 e. The molecule has 0 aliphatic heterocycles. The molecule has 1 rings (SSSR count). The Balaban J connectivity index is 2.83. The van der Waals surface area contributed by atoms with E-state index < -0.39 is 0 Å². The average Bonchev–Trinajstić information content (AvgIpc) is 2.20. The Bertz CT molecular complexity index is 223. The number of imidazole rings is 1. The number of hydrogen-bond donors (Lipinski definition) is 1. The lowest BCUT2D eigenvalue weighted by atomic mass is 10.7. The molecule has 1 aromatic heterocycles. The highest BCUT2D eigenvalue weighted by molar-refractivity contribution is 6.40. The third-order valence-electron chi connectivity index (χ3n) is 1.07. The van der Waals surface area contributed by atoms with Crippen molar-refractivity contribution in [3.8, 4) is 0 Å². The summed E-state index contributed by atoms with van der Waals surface area (Å²) in [5, 5.41) is 9.15. The van der Waals surface area contributed by atoms with Gasteiger partial charge in [0.1, 0.15) is 5.15 Å². The van der Waals surface area contributed by atoms with Gasteiger partial charge in [0.2, 0.25) is 0 Å². The lowest BCUT2D eigenvalue weighted by molar-refractivity contribution is 0.276. The number of aliphatic hydroxyl groups is 1. The van der Waals surface area contributed by atoms with Crippen molar-refractivity contribution in [3.05, 3.63) is 16.6 Å². The van der Waals surface area contributed by atoms with Crippen LogP contribution in [0.25, 0.3) is 0 Å². The van der Waals surface area contributed by atoms with Gasteiger partial charge in [0, 0.05) is 6.54 Å². The van der Waals surface area contributed by atoms with Gasteiger partial charge >= 0.3 is 0 Å². The summed E-state index contributed by atoms with van der Waals surface area (Å²) in [5.74, 6) is 0. The van der Waals surface area contributed by atoms with Gasteiger partial charge in [-0.15, -0.1) is 0 Å². The maximum Gasteiger partial charge on any atom is 0.166 e. The lowest BCUT2D eigenvalue weighted by Gasteiger charge is -1.97. The van der Waals surface area contributed by atoms with Crippen LogP contribution in [0.5, 0.6) is 0 Å². The molecular formula is C5H6Cl2N2O. The molecule has 1 N–H and O–H groups in total. The predicted octanol–water partition coefficient (Wildman–Crippen LogP) is 1.18. The van der Waals surface area contributed by atoms with E-state index in [0.717, 1.165) is 0 Å². The molecule has 1 heterocycles. The molecule has 0 saturated carbocycles. The summed E-state index contributed by atoms with van der Waals surface area (Å²) in [6.45, 7) is 0.463. The molecule has 0 aromatic carbocycles. The van der Waals surface area contributed by atoms with Crippen LogP contribution in [0.3, 0.4) is 0 Å². The monoisotopic (exact) mass is 180 g/mol. The number of halogens is 2. The van der Waals surface area contributed by atoms with Gasteiger partial charge in [-0.1, -0.05) is 23.2 Å². The molecule has 3 nitrogen and oxygen atoms in total. The van der Waals surface area contributed by atoms with Crippen LogP contribution in [0.1, 0.15) is 0 Å². The summed E-state index contributed by atoms with van der Waals surface area (Å²) >= 11 is 11.2. The molecule has 0 fully saturated rings. The molecule has 0 unspecified atom stereocenters. The zero-order valence-electron chi connectivity index (χ0n) is 5.09. The van der Waals surface area contributed by atoms with E-state index in [2.05, 4.69) is 4.98 Å². The van der Waals surface area contributed by atoms with Crippen molar-refractivity contribution in [2.45, 2.75) is 6.54 Å². The van der Waals surface area contributed by atoms with Crippen LogP contribution in [-0.2, 0) is 6.54 Å². The van der Waals surface area contributed by atoms with E-state index in [1.807, 2.05) is 0 Å². The molecule has 10 heavy (non-hydrogen) atoms. The summed E-state index contributed by atoms with van der Waals surface area (Å²) in [4.78, 5) is 3.72. The number of nitrogens with zero attached hydrogens (tertiary/aromatic N) is 2. The Labute approximate surface area is 68.2 Å². The van der Waals surface area contributed by atoms with Crippen LogP contribution in [-0.4, -0.2) is 21.3 Å². The van der Waals surface area contributed by atoms with Crippen LogP contribution in [0.2, 0.25) is 10.3 Å². The quantitative estimate of drug-likeness (QED) is 0.743. The second-order valence-corrected chi connectivity index (χ2v) is 2.46. The van der Waals surface area contributed by atoms with Gasteiger partial charge in [0.25, 0.3) is 0 Å². The molecule has 0 aliphatic rings. The van der Waals surface area contributed by atoms with Crippen LogP contribution in [0.15, 0.2) is 6.33 Å². The predicted molar refractivity (Wildman–Crippen MR) is 39.3 cm³/mol. The normalized spacial score (nSPS) is 10.3. The van der Waals surface area contributed by atoms with Crippen LogP contribution in [0.4, 0.5) is 0 Å². The van der Waals surface area contributed by atoms with Crippen molar-refractivity contribution in [2.75, 3.05) is 6.61 Å². The minimum Gasteiger partial charge on any atom is -0.395 e. The van der Waals surface area contributed by atoms with Gasteiger partial charge in [0.05, 0.1) is 12.9 Å². The van der Waals surface area contributed by atoms with Gasteiger partial charge in [-0.2, -0.15) is 0 Å². The summed E-state index contributed by atoms with van der Waals surface area (Å²) < 4.78 is 1.57. The third kappa shape index (κ3) is 1.42. The summed E-state index contributed by atoms with van der Waals surface area (Å²) in [6, 6.07) is 0. The van der Waals surface area contributed by atoms with E-state index in [-0.39, 0.29) is 11.8 Å². The lowest BCUT2D eigenvalue weighted by Crippen LogP contribution is -1.99. The average molecular weight is 181 g/mol. The van der Waals surface area contributed by atoms with E-state index in [1.165, 1.54) is 6.33 Å². The van der Waals surface area contributed by atoms with E-state index in [4.69, 9.17) is 28.3 Å². The first-order valence-corrected chi connectivity index (χ1v) is 3.48. The molecule has 0 atom stereocenters. The molecule has 0 spiro atoms. The van der Waals surface area contributed by atoms with E-state index in [0.29, 0.717) is 11.7 Å². The fraction of sp³-hybridized carbons (Fsp3) is 0.400. The highest BCUT2D eigenvalue weighted by Crippen LogP contribution is 2.18. The number of aromatic nitrogens is 2. The first-order valence-electron chi connectivity index (χ1n) is 2.72. The fourth-order valence-corrected chi connectivity index (χ4v) is 0.936. The highest BCUT2D eigenvalue weighted by atomic mass is 35.5. The maximum atomic E-state index is 8.50. The molecular weight excluding hydrogens is 175 g/mol. The SMILES string of the molecule is OCCn1cnc(Cl)c1Cl. The zero-order valence-corrected chi connectivity index (χ0v) is 6.60. The van der Waals surface area contributed by atoms with Gasteiger partial charge in [-0.25, -0.2) is 4.98 Å². The molecule has 0 bridgehead atoms. The van der Waals surface area contributed by atoms with E-state index in [9.17, 15) is 0 Å². The van der Waals surface area contributed by atoms with Crippen molar-refractivity contribution < 1.29 is 5.11 Å². The Morgan fingerprint density at radius 3 is 2.70 bits per heavy atom. The van der Waals surface area contributed by atoms with Gasteiger partial charge in [-0.3, -0.25) is 0 Å². The van der Waals surface area contributed by atoms with E-state index in [1.54, 1.807) is 4.57 Å². The minimum atomic E-state index is 0.0341. The molecule has 1 aromatic rings. The first kappa shape index (κ1) is 7.85. The van der Waals surface area contributed by atoms with Crippen molar-refractivity contribution in [2.24, 2.45) is 0 Å². The standard InChI is InChI=1S/C5H6Cl2N2O/c6-4-5(7)9(1-2-10)3-8-4/h3,10H,1-2H2. The Morgan fingerprint density at radius 2 is 2.30 bits per heavy atom. The third-order valence-corrected chi connectivity index (χ3v) is 1.84. The van der Waals surface area contributed by atoms with Crippen LogP contribution >= 0.6 is 23.2 Å². The van der Waals surface area contributed by atoms with Gasteiger partial charge in [0.15, 0.2) is 5.15 Å². The van der Waals surface area contributed by atoms with Crippen molar-refractivity contribution in [3.63, 3.8) is 0 Å². The molecule has 0 aliphatic carbocycles. The summed E-state index contributed by atoms with van der Waals surface area (Å²) in [5.41, 5.74) is 0. The first-order chi connectivity index (χ1) is 4.75. The highest BCUT2D eigenvalue weighted by Gasteiger charge is 2.03. The number of aliphatic hydroxyl groups excluding tert-OH is 1. The molecule has 0 amide bonds. The van der Waals surface area contributed by atoms with Crippen LogP contribution in [0, 0.1) is 0 Å². The molecule has 0 saturated heterocycles. The Kier molecular flexibility index (Phi) is 2.54. The van der Waals surface area contributed by atoms with Crippen LogP contribution < -0.4 is 0 Å². The van der Waals surface area contributed by atoms with Crippen molar-refractivity contribution in [1.82, 2.24) is 9.55 Å². The minimum absolute atomic E-state index is 0.0341. The summed E-state index contributed by atoms with van der Waals surface area (Å²) in [6.07, 6.45) is 1.49. The largest absolute Gasteiger partial charge is 0.395 e. The zero-order chi connectivity index (χ0) is 7.56. The maximum absolute atomic E-state index is 8.50. The summed E-state index contributed by atoms with van der Waals surface area (Å²) in [7, 11) is 0. The molecule has 56 valence electrons. The Morgan fingerprint density at radius 1 is 1.60 bits per heavy atom. The number of rotatable bonds is 2. The Hall–Kier alpha value is -0.250. The molecule has 0 radical (unpaired) electrons. The number of hydrogen-bond acceptors (Lipinski definition) is 2.